The quantitative estimate of drug-likeness (QED) is 0.147. The number of pyridine rings is 1. The van der Waals surface area contributed by atoms with Crippen LogP contribution in [0.3, 0.4) is 0 Å². The molecule has 0 saturated heterocycles. The van der Waals surface area contributed by atoms with Crippen molar-refractivity contribution in [1.82, 2.24) is 14.5 Å². The molecule has 0 aliphatic rings. The Morgan fingerprint density at radius 1 is 0.641 bits per heavy atom. The number of para-hydroxylation sites is 1. The molecule has 1 N–H and O–H groups in total. The van der Waals surface area contributed by atoms with Crippen molar-refractivity contribution in [2.75, 3.05) is 0 Å². The predicted octanol–water partition coefficient (Wildman–Crippen LogP) is 15.8. The number of hydrogen-bond acceptors (Lipinski definition) is 3. The van der Waals surface area contributed by atoms with E-state index in [4.69, 9.17) is 19.6 Å². The van der Waals surface area contributed by atoms with Gasteiger partial charge in [0.1, 0.15) is 11.6 Å². The normalized spacial score (nSPS) is 13.8. The van der Waals surface area contributed by atoms with E-state index in [1.54, 1.807) is 24.4 Å². The molecule has 0 fully saturated rings. The minimum absolute atomic E-state index is 0. The fourth-order valence-electron chi connectivity index (χ4n) is 8.44. The van der Waals surface area contributed by atoms with Crippen molar-refractivity contribution in [2.45, 2.75) is 72.5 Å². The van der Waals surface area contributed by atoms with Crippen LogP contribution in [-0.4, -0.2) is 19.6 Å². The van der Waals surface area contributed by atoms with Crippen molar-refractivity contribution in [1.29, 1.82) is 0 Å². The molecule has 322 valence electrons. The summed E-state index contributed by atoms with van der Waals surface area (Å²) in [6.45, 7) is 6.28. The van der Waals surface area contributed by atoms with Crippen LogP contribution in [0.15, 0.2) is 164 Å². The van der Waals surface area contributed by atoms with Gasteiger partial charge in [-0.15, -0.1) is 23.8 Å². The molecule has 0 bridgehead atoms. The van der Waals surface area contributed by atoms with E-state index >= 15 is 0 Å². The van der Waals surface area contributed by atoms with Gasteiger partial charge in [0, 0.05) is 53.7 Å². The third-order valence-electron chi connectivity index (χ3n) is 11.8. The van der Waals surface area contributed by atoms with Gasteiger partial charge in [-0.25, -0.2) is 4.98 Å². The first-order valence-corrected chi connectivity index (χ1v) is 21.3. The molecule has 0 amide bonds. The van der Waals surface area contributed by atoms with Gasteiger partial charge < -0.3 is 5.11 Å². The van der Waals surface area contributed by atoms with Gasteiger partial charge in [-0.2, -0.15) is 0 Å². The van der Waals surface area contributed by atoms with E-state index in [0.717, 1.165) is 66.9 Å². The predicted molar refractivity (Wildman–Crippen MR) is 264 cm³/mol. The second-order valence-electron chi connectivity index (χ2n) is 17.5. The molecule has 9 rings (SSSR count). The van der Waals surface area contributed by atoms with Crippen LogP contribution in [0, 0.1) is 13.0 Å². The summed E-state index contributed by atoms with van der Waals surface area (Å²) in [5, 5.41) is 12.3. The van der Waals surface area contributed by atoms with Gasteiger partial charge in [0.2, 0.25) is 0 Å². The zero-order valence-electron chi connectivity index (χ0n) is 43.8. The second kappa shape index (κ2) is 18.0. The van der Waals surface area contributed by atoms with Crippen molar-refractivity contribution in [3.8, 4) is 78.6 Å². The number of fused-ring (bicyclic) bond motifs is 1. The van der Waals surface area contributed by atoms with Gasteiger partial charge in [-0.3, -0.25) is 9.55 Å². The van der Waals surface area contributed by atoms with Gasteiger partial charge in [-0.05, 0) is 93.4 Å². The molecule has 9 aromatic rings. The molecule has 0 spiro atoms. The summed E-state index contributed by atoms with van der Waals surface area (Å²) in [6, 6.07) is 54.6. The summed E-state index contributed by atoms with van der Waals surface area (Å²) in [5.41, 5.74) is 13.0. The molecule has 4 nitrogen and oxygen atoms in total. The zero-order chi connectivity index (χ0) is 49.9. The zero-order valence-corrected chi connectivity index (χ0v) is 39.0. The smallest absolute Gasteiger partial charge is 0.148 e. The number of rotatable bonds is 9. The van der Waals surface area contributed by atoms with E-state index in [-0.39, 0.29) is 32.4 Å². The van der Waals surface area contributed by atoms with Crippen LogP contribution in [0.5, 0.6) is 5.75 Å². The fraction of sp³-hybridized carbons (Fsp3) is 0.186. The van der Waals surface area contributed by atoms with E-state index in [0.29, 0.717) is 33.7 Å². The largest absolute Gasteiger partial charge is 0.507 e. The molecule has 2 aromatic heterocycles. The minimum atomic E-state index is -2.81. The Hall–Kier alpha value is -6.35. The number of benzene rings is 7. The first kappa shape index (κ1) is 36.0. The molecule has 0 radical (unpaired) electrons. The van der Waals surface area contributed by atoms with E-state index in [1.807, 2.05) is 135 Å². The maximum Gasteiger partial charge on any atom is 0.148 e. The molecule has 64 heavy (non-hydrogen) atoms. The Labute approximate surface area is 402 Å². The molecular weight excluding hydrogens is 962 g/mol. The van der Waals surface area contributed by atoms with Crippen LogP contribution in [0.25, 0.3) is 83.9 Å². The summed E-state index contributed by atoms with van der Waals surface area (Å²) in [6.07, 6.45) is 1.80. The topological polar surface area (TPSA) is 50.9 Å². The van der Waals surface area contributed by atoms with Crippen molar-refractivity contribution in [3.63, 3.8) is 0 Å². The van der Waals surface area contributed by atoms with Gasteiger partial charge in [0.15, 0.2) is 0 Å². The number of hydrogen-bond donors (Lipinski definition) is 1. The SMILES string of the molecule is [2H]C(C)(C)c1ccc(-c2ccnc(-c3[c-]c(-c4cccc5c4nc(-c4cc(C)cc(C(C)(C)C)c4O)n5-c4ccc(C(C([2H])([2H])[2H])C([2H])([2H])[2H])cc4-c4ccccc4)cc(-c4ccccc4)c3)c2)cc1.[Pt]. The summed E-state index contributed by atoms with van der Waals surface area (Å²) in [5.74, 6) is -1.93. The second-order valence-corrected chi connectivity index (χ2v) is 17.5. The van der Waals surface area contributed by atoms with Crippen LogP contribution >= 0.6 is 0 Å². The Kier molecular flexibility index (Phi) is 10.2. The minimum Gasteiger partial charge on any atom is -0.507 e. The van der Waals surface area contributed by atoms with Crippen LogP contribution in [0.4, 0.5) is 0 Å². The molecule has 0 atom stereocenters. The van der Waals surface area contributed by atoms with Crippen molar-refractivity contribution < 1.29 is 35.8 Å². The maximum atomic E-state index is 12.3. The molecule has 0 unspecified atom stereocenters. The van der Waals surface area contributed by atoms with Gasteiger partial charge in [0.25, 0.3) is 0 Å². The van der Waals surface area contributed by atoms with Gasteiger partial charge >= 0.3 is 0 Å². The number of phenolic OH excluding ortho intramolecular Hbond substituents is 1. The molecular formula is C59H54N3OPt-. The summed E-state index contributed by atoms with van der Waals surface area (Å²) in [4.78, 5) is 10.4. The van der Waals surface area contributed by atoms with E-state index in [1.165, 1.54) is 0 Å². The van der Waals surface area contributed by atoms with Crippen LogP contribution in [0.1, 0.15) is 92.0 Å². The molecule has 7 aromatic carbocycles. The summed E-state index contributed by atoms with van der Waals surface area (Å²) < 4.78 is 60.6. The number of phenols is 1. The maximum absolute atomic E-state index is 12.3. The number of nitrogens with zero attached hydrogens (tertiary/aromatic N) is 3. The average molecular weight is 1020 g/mol. The first-order valence-electron chi connectivity index (χ1n) is 24.8. The van der Waals surface area contributed by atoms with Gasteiger partial charge in [-0.1, -0.05) is 180 Å². The molecule has 5 heteroatoms. The van der Waals surface area contributed by atoms with Crippen LogP contribution in [0.2, 0.25) is 0 Å². The number of aromatic hydroxyl groups is 1. The third kappa shape index (κ3) is 8.65. The summed E-state index contributed by atoms with van der Waals surface area (Å²) in [7, 11) is 0. The van der Waals surface area contributed by atoms with Gasteiger partial charge in [0.05, 0.1) is 22.3 Å². The number of aromatic nitrogens is 3. The first-order chi connectivity index (χ1) is 33.1. The van der Waals surface area contributed by atoms with Crippen LogP contribution < -0.4 is 0 Å². The molecule has 2 heterocycles. The number of imidazole rings is 1. The Morgan fingerprint density at radius 3 is 2.00 bits per heavy atom. The Balaban J connectivity index is 0.00000676. The molecule has 0 aliphatic carbocycles. The standard InChI is InChI=1S/C59H54N3O.Pt/c1-37(2)40-22-24-42(25-23-40)45-28-29-60-53(36-45)48-33-46(41-16-11-9-12-17-41)32-47(34-48)49-20-15-21-55-56(49)61-58(51-30-39(5)31-52(57(51)63)59(6,7)8)62(55)54-27-26-44(38(3)4)35-50(54)43-18-13-10-14-19-43;/h9-33,35-38,63H,1-8H3;/q-1;/i3D3,4D3,37D;. The fourth-order valence-corrected chi connectivity index (χ4v) is 8.44. The monoisotopic (exact) mass is 1020 g/mol. The van der Waals surface area contributed by atoms with Crippen molar-refractivity contribution >= 4 is 11.0 Å². The Morgan fingerprint density at radius 2 is 1.31 bits per heavy atom. The molecule has 0 aliphatic heterocycles. The average Bonchev–Trinajstić information content (AvgIpc) is 3.70. The Bertz CT molecular complexity index is 3370. The number of aryl methyl sites for hydroxylation is 1. The third-order valence-corrected chi connectivity index (χ3v) is 11.8. The van der Waals surface area contributed by atoms with Crippen molar-refractivity contribution in [2.24, 2.45) is 0 Å². The molecule has 0 saturated carbocycles. The van der Waals surface area contributed by atoms with Crippen molar-refractivity contribution in [3.05, 3.63) is 192 Å². The van der Waals surface area contributed by atoms with E-state index < -0.39 is 30.9 Å². The van der Waals surface area contributed by atoms with E-state index in [2.05, 4.69) is 57.2 Å². The van der Waals surface area contributed by atoms with Crippen LogP contribution in [-0.2, 0) is 26.5 Å². The van der Waals surface area contributed by atoms with E-state index in [9.17, 15) is 5.11 Å². The summed E-state index contributed by atoms with van der Waals surface area (Å²) >= 11 is 0.